The molecule has 2 heterocycles. The van der Waals surface area contributed by atoms with E-state index in [0.29, 0.717) is 11.2 Å². The van der Waals surface area contributed by atoms with Crippen molar-refractivity contribution >= 4 is 47.5 Å². The van der Waals surface area contributed by atoms with Gasteiger partial charge in [-0.15, -0.1) is 0 Å². The van der Waals surface area contributed by atoms with E-state index in [1.54, 1.807) is 0 Å². The Labute approximate surface area is 174 Å². The van der Waals surface area contributed by atoms with Gasteiger partial charge in [0.25, 0.3) is 5.56 Å². The lowest BCUT2D eigenvalue weighted by atomic mass is 10.1. The summed E-state index contributed by atoms with van der Waals surface area (Å²) in [5.74, 6) is -3.70. The number of hydrogen-bond donors (Lipinski definition) is 8. The van der Waals surface area contributed by atoms with Crippen molar-refractivity contribution in [1.29, 1.82) is 0 Å². The van der Waals surface area contributed by atoms with E-state index in [-0.39, 0.29) is 24.2 Å². The molecule has 2 amide bonds. The first-order chi connectivity index (χ1) is 14.1. The predicted octanol–water partition coefficient (Wildman–Crippen LogP) is -2.56. The highest BCUT2D eigenvalue weighted by atomic mass is 32.1. The SMILES string of the molecule is N[C@@H](CCC(=O)N[C@@H](CS)C(=O)NCC(=O)O)C(=O)O.O=c1[nH]cnc2nc[nH]c12. The molecular formula is C15H21N7O7S. The number of nitrogens with two attached hydrogens (primary N) is 1. The Hall–Kier alpha value is -3.46. The van der Waals surface area contributed by atoms with Crippen LogP contribution in [0.3, 0.4) is 0 Å². The first-order valence-electron chi connectivity index (χ1n) is 8.40. The van der Waals surface area contributed by atoms with E-state index in [4.69, 9.17) is 15.9 Å². The van der Waals surface area contributed by atoms with Crippen molar-refractivity contribution in [1.82, 2.24) is 30.6 Å². The highest BCUT2D eigenvalue weighted by Crippen LogP contribution is 1.97. The molecular weight excluding hydrogens is 422 g/mol. The summed E-state index contributed by atoms with van der Waals surface area (Å²) >= 11 is 3.87. The van der Waals surface area contributed by atoms with Crippen LogP contribution in [0.5, 0.6) is 0 Å². The zero-order valence-electron chi connectivity index (χ0n) is 15.5. The van der Waals surface area contributed by atoms with Crippen molar-refractivity contribution < 1.29 is 29.4 Å². The second-order valence-electron chi connectivity index (χ2n) is 5.73. The molecule has 2 aromatic rings. The summed E-state index contributed by atoms with van der Waals surface area (Å²) in [6.07, 6.45) is 2.53. The smallest absolute Gasteiger partial charge is 0.322 e. The van der Waals surface area contributed by atoms with Gasteiger partial charge in [-0.25, -0.2) is 9.97 Å². The molecule has 0 saturated carbocycles. The van der Waals surface area contributed by atoms with Crippen LogP contribution in [0.2, 0.25) is 0 Å². The minimum absolute atomic E-state index is 0.0256. The molecule has 2 aromatic heterocycles. The first kappa shape index (κ1) is 24.6. The number of rotatable bonds is 9. The monoisotopic (exact) mass is 443 g/mol. The molecule has 0 spiro atoms. The number of carboxylic acid groups (broad SMARTS) is 2. The van der Waals surface area contributed by atoms with Gasteiger partial charge in [0.1, 0.15) is 18.6 Å². The zero-order valence-corrected chi connectivity index (χ0v) is 16.4. The Balaban J connectivity index is 0.000000367. The summed E-state index contributed by atoms with van der Waals surface area (Å²) in [4.78, 5) is 67.3. The Morgan fingerprint density at radius 2 is 1.80 bits per heavy atom. The summed E-state index contributed by atoms with van der Waals surface area (Å²) in [5.41, 5.74) is 5.90. The maximum Gasteiger partial charge on any atom is 0.322 e. The maximum absolute atomic E-state index is 11.5. The number of thiol groups is 1. The van der Waals surface area contributed by atoms with E-state index < -0.39 is 42.4 Å². The van der Waals surface area contributed by atoms with Crippen LogP contribution in [-0.2, 0) is 19.2 Å². The van der Waals surface area contributed by atoms with Crippen LogP contribution in [0.1, 0.15) is 12.8 Å². The molecule has 0 bridgehead atoms. The molecule has 30 heavy (non-hydrogen) atoms. The number of nitrogens with zero attached hydrogens (tertiary/aromatic N) is 2. The van der Waals surface area contributed by atoms with Crippen molar-refractivity contribution in [2.75, 3.05) is 12.3 Å². The van der Waals surface area contributed by atoms with Crippen LogP contribution in [0.15, 0.2) is 17.4 Å². The van der Waals surface area contributed by atoms with Gasteiger partial charge in [0.15, 0.2) is 11.2 Å². The van der Waals surface area contributed by atoms with Gasteiger partial charge in [-0.2, -0.15) is 12.6 Å². The van der Waals surface area contributed by atoms with Crippen LogP contribution in [0, 0.1) is 0 Å². The van der Waals surface area contributed by atoms with E-state index >= 15 is 0 Å². The Kier molecular flexibility index (Phi) is 9.98. The average molecular weight is 443 g/mol. The molecule has 2 rings (SSSR count). The number of imidazole rings is 1. The zero-order chi connectivity index (χ0) is 22.7. The molecule has 15 heteroatoms. The number of H-pyrrole nitrogens is 2. The standard InChI is InChI=1S/C10H17N3O6S.C5H4N4O/c11-5(10(18)19)1-2-7(14)13-6(4-20)9(17)12-3-8(15)16;10-5-3-4(7-1-6-3)8-2-9-5/h5-6,20H,1-4,11H2,(H,12,17)(H,13,14)(H,15,16)(H,18,19);1-2H,(H2,6,7,8,9,10)/t5-,6-;/m0./s1. The second-order valence-corrected chi connectivity index (χ2v) is 6.10. The maximum atomic E-state index is 11.5. The number of aliphatic carboxylic acids is 2. The fraction of sp³-hybridized carbons (Fsp3) is 0.400. The number of carboxylic acids is 2. The summed E-state index contributed by atoms with van der Waals surface area (Å²) in [6.45, 7) is -0.567. The highest BCUT2D eigenvalue weighted by Gasteiger charge is 2.20. The van der Waals surface area contributed by atoms with E-state index in [1.807, 2.05) is 0 Å². The Morgan fingerprint density at radius 1 is 1.17 bits per heavy atom. The summed E-state index contributed by atoms with van der Waals surface area (Å²) < 4.78 is 0. The molecule has 0 aliphatic rings. The third-order valence-corrected chi connectivity index (χ3v) is 3.84. The van der Waals surface area contributed by atoms with E-state index in [9.17, 15) is 24.0 Å². The first-order valence-corrected chi connectivity index (χ1v) is 9.03. The van der Waals surface area contributed by atoms with Gasteiger partial charge in [0, 0.05) is 12.2 Å². The van der Waals surface area contributed by atoms with Crippen molar-refractivity contribution in [3.63, 3.8) is 0 Å². The Bertz CT molecular complexity index is 945. The lowest BCUT2D eigenvalue weighted by Crippen LogP contribution is -2.49. The minimum Gasteiger partial charge on any atom is -0.480 e. The van der Waals surface area contributed by atoms with Crippen LogP contribution >= 0.6 is 12.6 Å². The topological polar surface area (TPSA) is 233 Å². The Morgan fingerprint density at radius 3 is 2.33 bits per heavy atom. The summed E-state index contributed by atoms with van der Waals surface area (Å²) in [5, 5.41) is 21.4. The molecule has 0 unspecified atom stereocenters. The number of carbonyl (C=O) groups excluding carboxylic acids is 2. The van der Waals surface area contributed by atoms with Gasteiger partial charge >= 0.3 is 11.9 Å². The quantitative estimate of drug-likeness (QED) is 0.189. The molecule has 0 saturated heterocycles. The predicted molar refractivity (Wildman–Crippen MR) is 106 cm³/mol. The molecule has 8 N–H and O–H groups in total. The van der Waals surface area contributed by atoms with Crippen LogP contribution in [0.4, 0.5) is 0 Å². The third kappa shape index (κ3) is 8.27. The molecule has 2 atom stereocenters. The van der Waals surface area contributed by atoms with E-state index in [1.165, 1.54) is 12.7 Å². The molecule has 14 nitrogen and oxygen atoms in total. The average Bonchev–Trinajstić information content (AvgIpc) is 3.19. The number of carbonyl (C=O) groups is 4. The number of nitrogens with one attached hydrogen (secondary N) is 4. The number of aromatic nitrogens is 4. The molecule has 0 aliphatic carbocycles. The van der Waals surface area contributed by atoms with Gasteiger partial charge in [0.2, 0.25) is 11.8 Å². The largest absolute Gasteiger partial charge is 0.480 e. The molecule has 0 fully saturated rings. The number of amides is 2. The molecule has 0 aliphatic heterocycles. The second kappa shape index (κ2) is 12.2. The number of aromatic amines is 2. The van der Waals surface area contributed by atoms with Crippen molar-refractivity contribution in [2.45, 2.75) is 24.9 Å². The molecule has 0 aromatic carbocycles. The van der Waals surface area contributed by atoms with E-state index in [2.05, 4.69) is 43.2 Å². The van der Waals surface area contributed by atoms with Crippen molar-refractivity contribution in [3.8, 4) is 0 Å². The summed E-state index contributed by atoms with van der Waals surface area (Å²) in [7, 11) is 0. The lowest BCUT2D eigenvalue weighted by molar-refractivity contribution is -0.139. The third-order valence-electron chi connectivity index (χ3n) is 3.48. The lowest BCUT2D eigenvalue weighted by Gasteiger charge is -2.16. The van der Waals surface area contributed by atoms with Crippen LogP contribution < -0.4 is 21.9 Å². The van der Waals surface area contributed by atoms with Crippen molar-refractivity contribution in [2.24, 2.45) is 5.73 Å². The minimum atomic E-state index is -1.22. The summed E-state index contributed by atoms with van der Waals surface area (Å²) in [6, 6.07) is -2.15. The van der Waals surface area contributed by atoms with Gasteiger partial charge < -0.3 is 36.5 Å². The van der Waals surface area contributed by atoms with Crippen LogP contribution in [-0.4, -0.2) is 78.3 Å². The number of hydrogen-bond acceptors (Lipinski definition) is 9. The normalized spacial score (nSPS) is 12.2. The van der Waals surface area contributed by atoms with Gasteiger partial charge in [-0.1, -0.05) is 0 Å². The highest BCUT2D eigenvalue weighted by molar-refractivity contribution is 7.80. The molecule has 164 valence electrons. The fourth-order valence-electron chi connectivity index (χ4n) is 1.93. The molecule has 0 radical (unpaired) electrons. The van der Waals surface area contributed by atoms with Gasteiger partial charge in [-0.05, 0) is 6.42 Å². The van der Waals surface area contributed by atoms with Crippen molar-refractivity contribution in [3.05, 3.63) is 23.0 Å². The van der Waals surface area contributed by atoms with E-state index in [0.717, 1.165) is 0 Å². The van der Waals surface area contributed by atoms with Crippen LogP contribution in [0.25, 0.3) is 11.2 Å². The fourth-order valence-corrected chi connectivity index (χ4v) is 2.19. The number of fused-ring (bicyclic) bond motifs is 1. The van der Waals surface area contributed by atoms with Gasteiger partial charge in [0.05, 0.1) is 12.7 Å². The van der Waals surface area contributed by atoms with Gasteiger partial charge in [-0.3, -0.25) is 24.0 Å².